The number of carboxylic acids is 1. The van der Waals surface area contributed by atoms with Gasteiger partial charge in [-0.25, -0.2) is 4.79 Å². The molecule has 0 aliphatic rings. The SMILES string of the molecule is CCCOc1c(Cl)cc(C(=O)NC(CCC)C(=O)O)cc1OC. The van der Waals surface area contributed by atoms with Crippen LogP contribution in [0.5, 0.6) is 11.5 Å². The Morgan fingerprint density at radius 3 is 2.52 bits per heavy atom. The fourth-order valence-corrected chi connectivity index (χ4v) is 2.25. The zero-order chi connectivity index (χ0) is 17.4. The van der Waals surface area contributed by atoms with E-state index in [9.17, 15) is 9.59 Å². The third-order valence-electron chi connectivity index (χ3n) is 3.12. The molecule has 1 aromatic rings. The first-order chi connectivity index (χ1) is 10.9. The van der Waals surface area contributed by atoms with Gasteiger partial charge in [0.1, 0.15) is 6.04 Å². The van der Waals surface area contributed by atoms with Crippen LogP contribution >= 0.6 is 11.6 Å². The van der Waals surface area contributed by atoms with Crippen LogP contribution in [0, 0.1) is 0 Å². The van der Waals surface area contributed by atoms with Gasteiger partial charge in [0.15, 0.2) is 11.5 Å². The highest BCUT2D eigenvalue weighted by Crippen LogP contribution is 2.36. The normalized spacial score (nSPS) is 11.7. The van der Waals surface area contributed by atoms with Crippen molar-refractivity contribution < 1.29 is 24.2 Å². The molecule has 1 aromatic carbocycles. The van der Waals surface area contributed by atoms with Crippen molar-refractivity contribution in [3.05, 3.63) is 22.7 Å². The van der Waals surface area contributed by atoms with Gasteiger partial charge in [0.2, 0.25) is 0 Å². The van der Waals surface area contributed by atoms with Crippen LogP contribution in [-0.4, -0.2) is 36.7 Å². The smallest absolute Gasteiger partial charge is 0.326 e. The number of ether oxygens (including phenoxy) is 2. The van der Waals surface area contributed by atoms with Crippen LogP contribution < -0.4 is 14.8 Å². The van der Waals surface area contributed by atoms with E-state index in [1.165, 1.54) is 19.2 Å². The number of carboxylic acid groups (broad SMARTS) is 1. The second-order valence-corrected chi connectivity index (χ2v) is 5.40. The van der Waals surface area contributed by atoms with Crippen LogP contribution in [0.2, 0.25) is 5.02 Å². The van der Waals surface area contributed by atoms with Crippen molar-refractivity contribution in [2.75, 3.05) is 13.7 Å². The predicted molar refractivity (Wildman–Crippen MR) is 87.6 cm³/mol. The molecule has 0 heterocycles. The number of aliphatic carboxylic acids is 1. The number of hydrogen-bond donors (Lipinski definition) is 2. The summed E-state index contributed by atoms with van der Waals surface area (Å²) in [6.07, 6.45) is 1.80. The average molecular weight is 344 g/mol. The molecular formula is C16H22ClNO5. The summed E-state index contributed by atoms with van der Waals surface area (Å²) in [4.78, 5) is 23.4. The maximum absolute atomic E-state index is 12.3. The Labute approximate surface area is 140 Å². The van der Waals surface area contributed by atoms with Gasteiger partial charge in [-0.2, -0.15) is 0 Å². The summed E-state index contributed by atoms with van der Waals surface area (Å²) in [7, 11) is 1.45. The number of rotatable bonds is 9. The highest BCUT2D eigenvalue weighted by molar-refractivity contribution is 6.32. The molecule has 6 nitrogen and oxygen atoms in total. The second kappa shape index (κ2) is 9.25. The van der Waals surface area contributed by atoms with Crippen LogP contribution in [0.15, 0.2) is 12.1 Å². The molecule has 1 amide bonds. The lowest BCUT2D eigenvalue weighted by Crippen LogP contribution is -2.40. The first kappa shape index (κ1) is 19.1. The van der Waals surface area contributed by atoms with E-state index < -0.39 is 17.9 Å². The molecule has 2 N–H and O–H groups in total. The minimum atomic E-state index is -1.07. The van der Waals surface area contributed by atoms with E-state index in [4.69, 9.17) is 26.2 Å². The molecule has 0 radical (unpaired) electrons. The largest absolute Gasteiger partial charge is 0.493 e. The lowest BCUT2D eigenvalue weighted by atomic mass is 10.1. The fourth-order valence-electron chi connectivity index (χ4n) is 1.98. The molecule has 1 unspecified atom stereocenters. The number of amides is 1. The topological polar surface area (TPSA) is 84.9 Å². The van der Waals surface area contributed by atoms with Crippen LogP contribution in [0.1, 0.15) is 43.5 Å². The van der Waals surface area contributed by atoms with Crippen LogP contribution in [0.3, 0.4) is 0 Å². The molecular weight excluding hydrogens is 322 g/mol. The molecule has 0 aliphatic carbocycles. The first-order valence-corrected chi connectivity index (χ1v) is 7.86. The number of halogens is 1. The van der Waals surface area contributed by atoms with Crippen molar-refractivity contribution in [1.82, 2.24) is 5.32 Å². The van der Waals surface area contributed by atoms with Crippen LogP contribution in [0.25, 0.3) is 0 Å². The molecule has 0 spiro atoms. The van der Waals surface area contributed by atoms with E-state index in [2.05, 4.69) is 5.32 Å². The number of hydrogen-bond acceptors (Lipinski definition) is 4. The number of carbonyl (C=O) groups is 2. The van der Waals surface area contributed by atoms with Crippen molar-refractivity contribution in [3.63, 3.8) is 0 Å². The van der Waals surface area contributed by atoms with E-state index in [0.717, 1.165) is 6.42 Å². The van der Waals surface area contributed by atoms with E-state index >= 15 is 0 Å². The Bertz CT molecular complexity index is 562. The van der Waals surface area contributed by atoms with Gasteiger partial charge in [-0.05, 0) is 25.0 Å². The summed E-state index contributed by atoms with van der Waals surface area (Å²) in [5.74, 6) is -0.886. The molecule has 128 valence electrons. The van der Waals surface area contributed by atoms with Crippen molar-refractivity contribution in [1.29, 1.82) is 0 Å². The molecule has 7 heteroatoms. The third-order valence-corrected chi connectivity index (χ3v) is 3.40. The van der Waals surface area contributed by atoms with Crippen LogP contribution in [-0.2, 0) is 4.79 Å². The van der Waals surface area contributed by atoms with Crippen molar-refractivity contribution in [2.45, 2.75) is 39.2 Å². The highest BCUT2D eigenvalue weighted by atomic mass is 35.5. The van der Waals surface area contributed by atoms with Crippen LogP contribution in [0.4, 0.5) is 0 Å². The number of methoxy groups -OCH3 is 1. The number of carbonyl (C=O) groups excluding carboxylic acids is 1. The van der Waals surface area contributed by atoms with Gasteiger partial charge >= 0.3 is 5.97 Å². The van der Waals surface area contributed by atoms with Gasteiger partial charge in [-0.15, -0.1) is 0 Å². The Kier molecular flexibility index (Phi) is 7.68. The molecule has 0 aliphatic heterocycles. The summed E-state index contributed by atoms with van der Waals surface area (Å²) in [6, 6.07) is 1.99. The van der Waals surface area contributed by atoms with Crippen molar-refractivity contribution in [3.8, 4) is 11.5 Å². The molecule has 0 saturated carbocycles. The minimum absolute atomic E-state index is 0.220. The minimum Gasteiger partial charge on any atom is -0.493 e. The van der Waals surface area contributed by atoms with Gasteiger partial charge in [0.25, 0.3) is 5.91 Å². The Hall–Kier alpha value is -1.95. The Morgan fingerprint density at radius 1 is 1.30 bits per heavy atom. The van der Waals surface area contributed by atoms with Crippen molar-refractivity contribution in [2.24, 2.45) is 0 Å². The Balaban J connectivity index is 3.01. The van der Waals surface area contributed by atoms with E-state index in [0.29, 0.717) is 30.9 Å². The zero-order valence-corrected chi connectivity index (χ0v) is 14.3. The molecule has 0 fully saturated rings. The summed E-state index contributed by atoms with van der Waals surface area (Å²) in [5, 5.41) is 11.8. The third kappa shape index (κ3) is 5.32. The molecule has 23 heavy (non-hydrogen) atoms. The maximum Gasteiger partial charge on any atom is 0.326 e. The van der Waals surface area contributed by atoms with E-state index in [-0.39, 0.29) is 10.6 Å². The lowest BCUT2D eigenvalue weighted by molar-refractivity contribution is -0.139. The summed E-state index contributed by atoms with van der Waals surface area (Å²) in [5.41, 5.74) is 0.220. The predicted octanol–water partition coefficient (Wildman–Crippen LogP) is 3.12. The molecule has 1 atom stereocenters. The second-order valence-electron chi connectivity index (χ2n) is 4.99. The quantitative estimate of drug-likeness (QED) is 0.719. The van der Waals surface area contributed by atoms with Crippen molar-refractivity contribution >= 4 is 23.5 Å². The highest BCUT2D eigenvalue weighted by Gasteiger charge is 2.21. The molecule has 0 bridgehead atoms. The monoisotopic (exact) mass is 343 g/mol. The average Bonchev–Trinajstić information content (AvgIpc) is 2.52. The van der Waals surface area contributed by atoms with E-state index in [1.54, 1.807) is 0 Å². The number of nitrogens with one attached hydrogen (secondary N) is 1. The Morgan fingerprint density at radius 2 is 2.00 bits per heavy atom. The number of benzene rings is 1. The first-order valence-electron chi connectivity index (χ1n) is 7.48. The zero-order valence-electron chi connectivity index (χ0n) is 13.5. The molecule has 0 saturated heterocycles. The van der Waals surface area contributed by atoms with Gasteiger partial charge in [0.05, 0.1) is 18.7 Å². The summed E-state index contributed by atoms with van der Waals surface area (Å²) >= 11 is 6.15. The van der Waals surface area contributed by atoms with Gasteiger partial charge < -0.3 is 19.9 Å². The van der Waals surface area contributed by atoms with Gasteiger partial charge in [-0.3, -0.25) is 4.79 Å². The molecule has 1 rings (SSSR count). The fraction of sp³-hybridized carbons (Fsp3) is 0.500. The maximum atomic E-state index is 12.3. The lowest BCUT2D eigenvalue weighted by Gasteiger charge is -2.16. The van der Waals surface area contributed by atoms with Gasteiger partial charge in [-0.1, -0.05) is 31.9 Å². The summed E-state index contributed by atoms with van der Waals surface area (Å²) in [6.45, 7) is 4.28. The van der Waals surface area contributed by atoms with Gasteiger partial charge in [0, 0.05) is 5.56 Å². The van der Waals surface area contributed by atoms with E-state index in [1.807, 2.05) is 13.8 Å². The summed E-state index contributed by atoms with van der Waals surface area (Å²) < 4.78 is 10.7. The standard InChI is InChI=1S/C16H22ClNO5/c1-4-6-12(16(20)21)18-15(19)10-8-11(17)14(23-7-5-2)13(9-10)22-3/h8-9,12H,4-7H2,1-3H3,(H,18,19)(H,20,21). The molecule has 0 aromatic heterocycles.